The monoisotopic (exact) mass is 247 g/mol. The number of hydrazine groups is 1. The summed E-state index contributed by atoms with van der Waals surface area (Å²) in [5.74, 6) is 0. The summed E-state index contributed by atoms with van der Waals surface area (Å²) in [5, 5.41) is 34.3. The van der Waals surface area contributed by atoms with Crippen LogP contribution in [0.4, 0.5) is 0 Å². The quantitative estimate of drug-likeness (QED) is 0.463. The van der Waals surface area contributed by atoms with E-state index in [2.05, 4.69) is 0 Å². The van der Waals surface area contributed by atoms with Gasteiger partial charge < -0.3 is 0 Å². The van der Waals surface area contributed by atoms with Gasteiger partial charge in [-0.2, -0.15) is 5.01 Å². The largest absolute Gasteiger partial charge is 0.294 e. The predicted octanol–water partition coefficient (Wildman–Crippen LogP) is -0.879. The van der Waals surface area contributed by atoms with Crippen LogP contribution in [0.2, 0.25) is 0 Å². The van der Waals surface area contributed by atoms with E-state index < -0.39 is 33.3 Å². The molecule has 2 fully saturated rings. The lowest BCUT2D eigenvalue weighted by molar-refractivity contribution is -0.609. The van der Waals surface area contributed by atoms with E-state index in [9.17, 15) is 30.3 Å². The van der Waals surface area contributed by atoms with Gasteiger partial charge in [0.05, 0.1) is 0 Å². The molecule has 11 heteroatoms. The summed E-state index contributed by atoms with van der Waals surface area (Å²) in [5.41, 5.74) is 0. The molecule has 3 atom stereocenters. The molecule has 0 N–H and O–H groups in total. The second-order valence-corrected chi connectivity index (χ2v) is 3.87. The third-order valence-electron chi connectivity index (χ3n) is 3.02. The van der Waals surface area contributed by atoms with Gasteiger partial charge in [-0.1, -0.05) is 0 Å². The third-order valence-corrected chi connectivity index (χ3v) is 3.02. The minimum absolute atomic E-state index is 0.0572. The number of hydrogen-bond donors (Lipinski definition) is 0. The average molecular weight is 247 g/mol. The fourth-order valence-electron chi connectivity index (χ4n) is 2.34. The van der Waals surface area contributed by atoms with Crippen LogP contribution in [0.25, 0.3) is 0 Å². The minimum atomic E-state index is -1.39. The van der Waals surface area contributed by atoms with Crippen LogP contribution in [0, 0.1) is 30.3 Å². The number of nitro groups is 3. The van der Waals surface area contributed by atoms with Gasteiger partial charge in [0.1, 0.15) is 6.42 Å². The van der Waals surface area contributed by atoms with Crippen molar-refractivity contribution >= 4 is 0 Å². The van der Waals surface area contributed by atoms with Crippen molar-refractivity contribution in [3.8, 4) is 0 Å². The summed E-state index contributed by atoms with van der Waals surface area (Å²) in [6, 6.07) is 0. The van der Waals surface area contributed by atoms with Crippen LogP contribution >= 0.6 is 0 Å². The zero-order valence-corrected chi connectivity index (χ0v) is 8.54. The maximum Gasteiger partial charge on any atom is 0.294 e. The fourth-order valence-corrected chi connectivity index (χ4v) is 2.34. The highest BCUT2D eigenvalue weighted by Gasteiger charge is 2.61. The molecule has 2 aliphatic rings. The smallest absolute Gasteiger partial charge is 0.263 e. The fraction of sp³-hybridized carbons (Fsp3) is 1.00. The van der Waals surface area contributed by atoms with Gasteiger partial charge in [0.15, 0.2) is 0 Å². The van der Waals surface area contributed by atoms with E-state index in [0.717, 1.165) is 10.0 Å². The van der Waals surface area contributed by atoms with Crippen LogP contribution in [0.5, 0.6) is 0 Å². The summed E-state index contributed by atoms with van der Waals surface area (Å²) >= 11 is 0. The Bertz CT molecular complexity index is 375. The van der Waals surface area contributed by atoms with Crippen molar-refractivity contribution < 1.29 is 14.8 Å². The Morgan fingerprint density at radius 2 is 1.41 bits per heavy atom. The van der Waals surface area contributed by atoms with Crippen LogP contribution in [-0.2, 0) is 0 Å². The van der Waals surface area contributed by atoms with Crippen molar-refractivity contribution in [3.63, 3.8) is 0 Å². The summed E-state index contributed by atoms with van der Waals surface area (Å²) in [6.07, 6.45) is -4.14. The Labute approximate surface area is 94.0 Å². The van der Waals surface area contributed by atoms with Crippen LogP contribution in [0.15, 0.2) is 0 Å². The summed E-state index contributed by atoms with van der Waals surface area (Å²) in [7, 11) is 0. The summed E-state index contributed by atoms with van der Waals surface area (Å²) in [4.78, 5) is 30.2. The van der Waals surface area contributed by atoms with Gasteiger partial charge in [-0.15, -0.1) is 5.01 Å². The van der Waals surface area contributed by atoms with Crippen LogP contribution in [0.1, 0.15) is 12.8 Å². The molecule has 0 radical (unpaired) electrons. The molecule has 2 rings (SSSR count). The molecular weight excluding hydrogens is 238 g/mol. The van der Waals surface area contributed by atoms with Crippen molar-refractivity contribution in [1.82, 2.24) is 10.0 Å². The van der Waals surface area contributed by atoms with Crippen molar-refractivity contribution in [3.05, 3.63) is 30.3 Å². The van der Waals surface area contributed by atoms with E-state index in [-0.39, 0.29) is 19.4 Å². The first-order valence-electron chi connectivity index (χ1n) is 4.89. The molecular formula is C6H9N5O6. The second-order valence-electron chi connectivity index (χ2n) is 3.87. The van der Waals surface area contributed by atoms with E-state index in [1.807, 2.05) is 0 Å². The Balaban J connectivity index is 2.29. The van der Waals surface area contributed by atoms with E-state index in [1.54, 1.807) is 0 Å². The highest BCUT2D eigenvalue weighted by molar-refractivity contribution is 4.83. The van der Waals surface area contributed by atoms with Gasteiger partial charge in [-0.3, -0.25) is 30.3 Å². The summed E-state index contributed by atoms with van der Waals surface area (Å²) in [6.45, 7) is 0.0988. The maximum absolute atomic E-state index is 10.8. The van der Waals surface area contributed by atoms with E-state index in [4.69, 9.17) is 0 Å². The normalized spacial score (nSPS) is 33.5. The average Bonchev–Trinajstić information content (AvgIpc) is 2.73. The molecule has 0 aromatic rings. The highest BCUT2D eigenvalue weighted by atomic mass is 16.7. The lowest BCUT2D eigenvalue weighted by Gasteiger charge is -2.20. The van der Waals surface area contributed by atoms with Gasteiger partial charge >= 0.3 is 0 Å². The molecule has 0 aromatic carbocycles. The first kappa shape index (κ1) is 11.6. The number of fused-ring (bicyclic) bond motifs is 1. The van der Waals surface area contributed by atoms with Crippen LogP contribution in [-0.4, -0.2) is 49.8 Å². The molecule has 0 aliphatic carbocycles. The highest BCUT2D eigenvalue weighted by Crippen LogP contribution is 2.33. The maximum atomic E-state index is 10.8. The van der Waals surface area contributed by atoms with E-state index in [0.29, 0.717) is 0 Å². The van der Waals surface area contributed by atoms with Crippen molar-refractivity contribution in [2.24, 2.45) is 0 Å². The molecule has 2 saturated heterocycles. The van der Waals surface area contributed by atoms with Crippen molar-refractivity contribution in [2.75, 3.05) is 6.54 Å². The predicted molar refractivity (Wildman–Crippen MR) is 50.1 cm³/mol. The van der Waals surface area contributed by atoms with Gasteiger partial charge in [0, 0.05) is 27.7 Å². The molecule has 3 unspecified atom stereocenters. The molecule has 0 aromatic heterocycles. The lowest BCUT2D eigenvalue weighted by Crippen LogP contribution is -2.48. The van der Waals surface area contributed by atoms with E-state index >= 15 is 0 Å². The SMILES string of the molecule is O=[N+]([O-])C1CC([N+](=O)[O-])N2C([N+](=O)[O-])CCN12. The van der Waals surface area contributed by atoms with Crippen molar-refractivity contribution in [1.29, 1.82) is 0 Å². The Hall–Kier alpha value is -1.88. The minimum Gasteiger partial charge on any atom is -0.263 e. The molecule has 2 heterocycles. The Morgan fingerprint density at radius 1 is 0.882 bits per heavy atom. The molecule has 0 amide bonds. The van der Waals surface area contributed by atoms with Crippen LogP contribution in [0.3, 0.4) is 0 Å². The van der Waals surface area contributed by atoms with Gasteiger partial charge in [-0.05, 0) is 0 Å². The Morgan fingerprint density at radius 3 is 1.88 bits per heavy atom. The van der Waals surface area contributed by atoms with Gasteiger partial charge in [0.25, 0.3) is 18.5 Å². The third kappa shape index (κ3) is 1.68. The topological polar surface area (TPSA) is 136 Å². The number of rotatable bonds is 3. The zero-order valence-electron chi connectivity index (χ0n) is 8.54. The molecule has 94 valence electrons. The van der Waals surface area contributed by atoms with E-state index in [1.165, 1.54) is 0 Å². The Kier molecular flexibility index (Phi) is 2.63. The first-order valence-corrected chi connectivity index (χ1v) is 4.89. The van der Waals surface area contributed by atoms with Gasteiger partial charge in [0.2, 0.25) is 0 Å². The van der Waals surface area contributed by atoms with Crippen molar-refractivity contribution in [2.45, 2.75) is 31.3 Å². The van der Waals surface area contributed by atoms with Gasteiger partial charge in [-0.25, -0.2) is 0 Å². The molecule has 11 nitrogen and oxygen atoms in total. The molecule has 0 saturated carbocycles. The standard InChI is InChI=1S/C6H9N5O6/c12-9(13)4-1-2-7-5(10(14)15)3-6(8(4)7)11(16)17/h4-6H,1-3H2. The number of hydrogen-bond acceptors (Lipinski definition) is 8. The second kappa shape index (κ2) is 3.85. The molecule has 2 aliphatic heterocycles. The molecule has 17 heavy (non-hydrogen) atoms. The molecule has 0 spiro atoms. The van der Waals surface area contributed by atoms with Crippen LogP contribution < -0.4 is 0 Å². The molecule has 0 bridgehead atoms. The number of nitrogens with zero attached hydrogens (tertiary/aromatic N) is 5. The lowest BCUT2D eigenvalue weighted by atomic mass is 10.2. The zero-order chi connectivity index (χ0) is 12.7. The summed E-state index contributed by atoms with van der Waals surface area (Å²) < 4.78 is 0. The first-order chi connectivity index (χ1) is 7.93.